The molecular formula is C102H165N3O37. The number of aliphatic hydroxyl groups is 10. The number of ketones is 3. The van der Waals surface area contributed by atoms with Gasteiger partial charge in [-0.05, 0) is 167 Å². The van der Waals surface area contributed by atoms with Crippen molar-refractivity contribution in [2.45, 2.75) is 407 Å². The van der Waals surface area contributed by atoms with Crippen LogP contribution >= 0.6 is 0 Å². The number of aldehydes is 3. The van der Waals surface area contributed by atoms with Crippen LogP contribution in [0.25, 0.3) is 0 Å². The standard InChI is InChI=1S/C39H63NO14.C35H57NO13.C28H45NO10/c1-21(2)37(46)54-36-25(6)50-30(20-39(36,7)47)52-33-24(5)51-38(32(45)31(33)40(8)9)53-34-26(16-17-41)18-22(3)27(42)15-13-11-12-14-23(4)49-29(44)19-28(43)35(34)48-10;1-19-16-23(14-15-37)31(32(44-8)25(39)17-26(40)45-20(2)12-10-9-11-13-24(19)38)49-34-29(41)28(36(6)7)30(21(3)47-34)48-27-18-35(5,43)33(42)22(4)46-27;1-16-14-19(12-13-30)26(39-28-25(35)23(29(4)5)24(34)18(3)38-28)27(36-6)21(32)15-22(33)37-17(2)10-8-7-9-11-20(16)31/h11-13,15,17,21-26,28,30-36,38,43,45,47H,14,16,18-20H2,1-10H3;9-11,13,15,19-23,25,27-34,39,41-43H,12,14,16-18H2,1-8H3;7-9,11,13,16-19,21,23-28,32,34-35H,10,12,14-15H2,1-6H3/b12-11+,15-13+;10-9+,13-11+;8-7+,11-9+/t22-,23-,24-,25+,26+,28-,30+,31-,32-,33-,34+,35+,36+,38+,39-;19-,20-,21-,22+,23+,25-,27+,28-,29-,30-,31+,32+,33+,34+,35-;16-,17-,18-,19+,21-,23+,24-,25-,26+,27+,28+/m111/s1. The molecule has 0 radical (unpaired) electrons. The molecule has 5 saturated heterocycles. The maximum absolute atomic E-state index is 13.1. The zero-order valence-corrected chi connectivity index (χ0v) is 87.0. The largest absolute Gasteiger partial charge is 0.462 e. The van der Waals surface area contributed by atoms with Gasteiger partial charge < -0.3 is 161 Å². The number of methoxy groups -OCH3 is 3. The summed E-state index contributed by atoms with van der Waals surface area (Å²) in [4.78, 5) is 131. The summed E-state index contributed by atoms with van der Waals surface area (Å²) >= 11 is 0. The molecule has 0 bridgehead atoms. The molecule has 0 amide bonds. The molecule has 10 N–H and O–H groups in total. The maximum atomic E-state index is 13.1. The molecule has 0 aromatic carbocycles. The van der Waals surface area contributed by atoms with Gasteiger partial charge >= 0.3 is 23.9 Å². The highest BCUT2D eigenvalue weighted by atomic mass is 16.8. The molecule has 810 valence electrons. The van der Waals surface area contributed by atoms with Crippen molar-refractivity contribution in [2.75, 3.05) is 63.6 Å². The zero-order valence-electron chi connectivity index (χ0n) is 87.0. The highest BCUT2D eigenvalue weighted by Crippen LogP contribution is 2.42. The summed E-state index contributed by atoms with van der Waals surface area (Å²) in [6.07, 6.45) is -8.97. The lowest BCUT2D eigenvalue weighted by Gasteiger charge is -2.50. The van der Waals surface area contributed by atoms with E-state index in [1.807, 2.05) is 0 Å². The molecule has 0 aromatic heterocycles. The van der Waals surface area contributed by atoms with E-state index >= 15 is 0 Å². The van der Waals surface area contributed by atoms with Gasteiger partial charge in [0.2, 0.25) is 0 Å². The smallest absolute Gasteiger partial charge is 0.308 e. The van der Waals surface area contributed by atoms with Crippen LogP contribution in [-0.2, 0) is 128 Å². The Balaban J connectivity index is 0.000000330. The van der Waals surface area contributed by atoms with Crippen molar-refractivity contribution < 1.29 is 180 Å². The first-order chi connectivity index (χ1) is 66.7. The number of rotatable bonds is 24. The molecule has 0 aliphatic carbocycles. The van der Waals surface area contributed by atoms with Crippen LogP contribution in [0.15, 0.2) is 72.9 Å². The topological polar surface area (TPSA) is 540 Å². The number of ether oxygens (including phenoxy) is 17. The Morgan fingerprint density at radius 2 is 0.704 bits per heavy atom. The number of aliphatic hydroxyl groups excluding tert-OH is 8. The fourth-order valence-corrected chi connectivity index (χ4v) is 19.5. The summed E-state index contributed by atoms with van der Waals surface area (Å²) in [6, 6.07) is -2.23. The minimum atomic E-state index is -1.49. The fourth-order valence-electron chi connectivity index (χ4n) is 19.5. The van der Waals surface area contributed by atoms with E-state index < -0.39 is 298 Å². The summed E-state index contributed by atoms with van der Waals surface area (Å²) in [5.74, 6) is -7.05. The second-order valence-corrected chi connectivity index (χ2v) is 40.6. The monoisotopic (exact) mass is 2020 g/mol. The van der Waals surface area contributed by atoms with Gasteiger partial charge in [0.15, 0.2) is 54.9 Å². The zero-order chi connectivity index (χ0) is 106. The van der Waals surface area contributed by atoms with Gasteiger partial charge in [0.25, 0.3) is 0 Å². The van der Waals surface area contributed by atoms with E-state index in [1.54, 1.807) is 209 Å². The Morgan fingerprint density at radius 1 is 0.401 bits per heavy atom. The van der Waals surface area contributed by atoms with E-state index in [2.05, 4.69) is 0 Å². The van der Waals surface area contributed by atoms with E-state index in [0.717, 1.165) is 0 Å². The van der Waals surface area contributed by atoms with Crippen LogP contribution in [0.1, 0.15) is 194 Å². The minimum absolute atomic E-state index is 0.0235. The van der Waals surface area contributed by atoms with E-state index in [1.165, 1.54) is 46.5 Å². The molecule has 8 rings (SSSR count). The third-order valence-electron chi connectivity index (χ3n) is 27.4. The molecule has 0 spiro atoms. The molecule has 41 atom stereocenters. The second-order valence-electron chi connectivity index (χ2n) is 40.6. The first-order valence-electron chi connectivity index (χ1n) is 49.4. The number of nitrogens with zero attached hydrogens (tertiary/aromatic N) is 3. The van der Waals surface area contributed by atoms with E-state index in [0.29, 0.717) is 38.1 Å². The van der Waals surface area contributed by atoms with Gasteiger partial charge in [-0.3, -0.25) is 33.6 Å². The predicted octanol–water partition coefficient (Wildman–Crippen LogP) is 4.10. The Bertz CT molecular complexity index is 4100. The summed E-state index contributed by atoms with van der Waals surface area (Å²) in [7, 11) is 14.4. The number of carbonyl (C=O) groups excluding carboxylic acids is 10. The molecule has 0 saturated carbocycles. The molecule has 8 heterocycles. The van der Waals surface area contributed by atoms with Gasteiger partial charge in [-0.25, -0.2) is 0 Å². The highest BCUT2D eigenvalue weighted by molar-refractivity contribution is 5.92. The lowest BCUT2D eigenvalue weighted by Crippen LogP contribution is -2.66. The second kappa shape index (κ2) is 58.9. The van der Waals surface area contributed by atoms with Gasteiger partial charge in [0.05, 0.1) is 122 Å². The third kappa shape index (κ3) is 36.1. The van der Waals surface area contributed by atoms with Crippen LogP contribution in [0.4, 0.5) is 0 Å². The SMILES string of the molecule is CO[C@@H]1[C@@H](O[C@@H]2O[C@H](C)[C@@H](O)[C@H](N(C)C)[C@H]2O)[C@@H](CC=O)C[C@@H](C)C(=O)/C=C/C=C/C[C@@H](C)OC(=O)C[C@H]1O.CO[C@@H]1[C@@H](O[C@@H]2O[C@H](C)[C@@H](O[C@H]3C[C@@](C)(O)[C@@H](O)[C@H](C)O3)[C@H](N(C)C)[C@H]2O)[C@@H](CC=O)C[C@@H](C)C(=O)/C=C/C=C/C[C@@H](C)OC(=O)C[C@H]1O.CO[C@@H]1[C@@H](O[C@@H]2O[C@H](C)[C@@H](O[C@H]3C[C@@](C)(O)[C@@H](OC(=O)C(C)C)[C@H](C)O3)[C@H](N(C)C)[C@H]2O)[C@@H](CC=O)C[C@@H](C)C(=O)/C=C/C=C/C[C@@H](C)OC(=O)C[C@H]1O. The van der Waals surface area contributed by atoms with Crippen molar-refractivity contribution in [1.29, 1.82) is 0 Å². The van der Waals surface area contributed by atoms with Crippen molar-refractivity contribution in [3.05, 3.63) is 72.9 Å². The summed E-state index contributed by atoms with van der Waals surface area (Å²) in [5, 5.41) is 112. The molecule has 40 nitrogen and oxygen atoms in total. The van der Waals surface area contributed by atoms with Crippen LogP contribution in [0.5, 0.6) is 0 Å². The molecule has 142 heavy (non-hydrogen) atoms. The number of likely N-dealkylation sites (N-methyl/N-ethyl adjacent to an activating group) is 3. The van der Waals surface area contributed by atoms with E-state index in [-0.39, 0.29) is 68.7 Å². The van der Waals surface area contributed by atoms with Gasteiger partial charge in [-0.15, -0.1) is 0 Å². The summed E-state index contributed by atoms with van der Waals surface area (Å²) in [6.45, 7) is 25.2. The number of hydrogen-bond donors (Lipinski definition) is 10. The fraction of sp³-hybridized carbons (Fsp3) is 0.784. The molecule has 5 fully saturated rings. The lowest BCUT2D eigenvalue weighted by molar-refractivity contribution is -0.344. The van der Waals surface area contributed by atoms with Crippen LogP contribution in [-0.4, -0.2) is 403 Å². The first kappa shape index (κ1) is 124. The van der Waals surface area contributed by atoms with Crippen molar-refractivity contribution >= 4 is 60.1 Å². The molecular weight excluding hydrogens is 1860 g/mol. The first-order valence-corrected chi connectivity index (χ1v) is 49.4. The number of cyclic esters (lactones) is 3. The molecule has 0 aromatic rings. The summed E-state index contributed by atoms with van der Waals surface area (Å²) in [5.41, 5.74) is -2.96. The lowest BCUT2D eigenvalue weighted by atomic mass is 9.83. The number of carbonyl (C=O) groups is 10. The number of esters is 4. The normalized spacial score (nSPS) is 42.5. The number of hydrogen-bond acceptors (Lipinski definition) is 40. The molecule has 40 heteroatoms. The average Bonchev–Trinajstić information content (AvgIpc) is 0.766. The average molecular weight is 2030 g/mol. The predicted molar refractivity (Wildman–Crippen MR) is 512 cm³/mol. The van der Waals surface area contributed by atoms with Crippen molar-refractivity contribution in [2.24, 2.45) is 41.4 Å². The Labute approximate surface area is 835 Å². The van der Waals surface area contributed by atoms with Gasteiger partial charge in [0.1, 0.15) is 97.7 Å². The van der Waals surface area contributed by atoms with Crippen LogP contribution in [0, 0.1) is 41.4 Å². The molecule has 8 aliphatic heterocycles. The quantitative estimate of drug-likeness (QED) is 0.0369. The Kier molecular flexibility index (Phi) is 51.4. The molecule has 0 unspecified atom stereocenters. The summed E-state index contributed by atoms with van der Waals surface area (Å²) < 4.78 is 101. The van der Waals surface area contributed by atoms with Crippen LogP contribution in [0.2, 0.25) is 0 Å². The van der Waals surface area contributed by atoms with Crippen molar-refractivity contribution in [1.82, 2.24) is 14.7 Å². The Hall–Kier alpha value is -6.70. The van der Waals surface area contributed by atoms with Crippen LogP contribution in [0.3, 0.4) is 0 Å². The van der Waals surface area contributed by atoms with Gasteiger partial charge in [-0.2, -0.15) is 0 Å². The van der Waals surface area contributed by atoms with Gasteiger partial charge in [0, 0.05) is 90.4 Å². The van der Waals surface area contributed by atoms with Crippen molar-refractivity contribution in [3.63, 3.8) is 0 Å². The maximum Gasteiger partial charge on any atom is 0.308 e. The minimum Gasteiger partial charge on any atom is -0.462 e. The van der Waals surface area contributed by atoms with Crippen LogP contribution < -0.4 is 0 Å². The van der Waals surface area contributed by atoms with Gasteiger partial charge in [-0.1, -0.05) is 89.3 Å². The number of allylic oxidation sites excluding steroid dienone is 9. The van der Waals surface area contributed by atoms with E-state index in [9.17, 15) is 99.0 Å². The Morgan fingerprint density at radius 3 is 0.993 bits per heavy atom. The molecule has 8 aliphatic rings. The third-order valence-corrected chi connectivity index (χ3v) is 27.4. The van der Waals surface area contributed by atoms with E-state index in [4.69, 9.17) is 80.5 Å². The highest BCUT2D eigenvalue weighted by Gasteiger charge is 2.57. The van der Waals surface area contributed by atoms with Crippen molar-refractivity contribution in [3.8, 4) is 0 Å².